The van der Waals surface area contributed by atoms with Crippen LogP contribution in [0.25, 0.3) is 0 Å². The number of hydrogen-bond donors (Lipinski definition) is 0. The van der Waals surface area contributed by atoms with Gasteiger partial charge in [-0.15, -0.1) is 0 Å². The van der Waals surface area contributed by atoms with Crippen molar-refractivity contribution in [1.29, 1.82) is 5.26 Å². The van der Waals surface area contributed by atoms with E-state index in [2.05, 4.69) is 0 Å². The molecule has 0 spiro atoms. The Morgan fingerprint density at radius 3 is 2.45 bits per heavy atom. The molecule has 2 rings (SSSR count). The van der Waals surface area contributed by atoms with Gasteiger partial charge < -0.3 is 14.4 Å². The second-order valence-electron chi connectivity index (χ2n) is 4.72. The lowest BCUT2D eigenvalue weighted by Gasteiger charge is -2.20. The van der Waals surface area contributed by atoms with E-state index in [9.17, 15) is 4.39 Å². The Kier molecular flexibility index (Phi) is 5.21. The minimum atomic E-state index is -0.414. The maximum Gasteiger partial charge on any atom is 0.124 e. The Hall–Kier alpha value is -2.74. The van der Waals surface area contributed by atoms with Crippen LogP contribution in [0, 0.1) is 17.1 Å². The average Bonchev–Trinajstić information content (AvgIpc) is 2.55. The Balaban J connectivity index is 1.92. The van der Waals surface area contributed by atoms with Crippen LogP contribution in [0.15, 0.2) is 42.5 Å². The third-order valence-corrected chi connectivity index (χ3v) is 3.25. The minimum absolute atomic E-state index is 0.312. The average molecular weight is 300 g/mol. The zero-order valence-electron chi connectivity index (χ0n) is 12.5. The van der Waals surface area contributed by atoms with Crippen LogP contribution in [0.1, 0.15) is 5.56 Å². The lowest BCUT2D eigenvalue weighted by atomic mass is 10.2. The number of hydrogen-bond acceptors (Lipinski definition) is 4. The van der Waals surface area contributed by atoms with Gasteiger partial charge >= 0.3 is 0 Å². The van der Waals surface area contributed by atoms with Gasteiger partial charge in [0.25, 0.3) is 0 Å². The summed E-state index contributed by atoms with van der Waals surface area (Å²) in [6.45, 7) is 1.03. The van der Waals surface area contributed by atoms with Gasteiger partial charge in [-0.3, -0.25) is 0 Å². The number of benzene rings is 2. The van der Waals surface area contributed by atoms with Gasteiger partial charge in [0, 0.05) is 7.05 Å². The van der Waals surface area contributed by atoms with E-state index in [1.807, 2.05) is 42.3 Å². The van der Waals surface area contributed by atoms with E-state index in [1.54, 1.807) is 13.2 Å². The van der Waals surface area contributed by atoms with E-state index in [1.165, 1.54) is 12.1 Å². The molecule has 0 aliphatic rings. The first kappa shape index (κ1) is 15.6. The van der Waals surface area contributed by atoms with Gasteiger partial charge in [0.05, 0.1) is 24.9 Å². The van der Waals surface area contributed by atoms with Crippen LogP contribution in [0.4, 0.5) is 10.1 Å². The highest BCUT2D eigenvalue weighted by molar-refractivity contribution is 5.58. The number of ether oxygens (including phenoxy) is 2. The molecule has 0 saturated heterocycles. The van der Waals surface area contributed by atoms with E-state index >= 15 is 0 Å². The molecular weight excluding hydrogens is 283 g/mol. The van der Waals surface area contributed by atoms with E-state index < -0.39 is 5.82 Å². The highest BCUT2D eigenvalue weighted by Gasteiger charge is 2.08. The van der Waals surface area contributed by atoms with Crippen LogP contribution in [0.2, 0.25) is 0 Å². The molecule has 0 radical (unpaired) electrons. The fourth-order valence-electron chi connectivity index (χ4n) is 2.02. The fourth-order valence-corrected chi connectivity index (χ4v) is 2.02. The fraction of sp³-hybridized carbons (Fsp3) is 0.235. The molecule has 2 aromatic carbocycles. The molecule has 0 aliphatic carbocycles. The summed E-state index contributed by atoms with van der Waals surface area (Å²) in [4.78, 5) is 1.86. The number of nitrogens with zero attached hydrogens (tertiary/aromatic N) is 2. The van der Waals surface area contributed by atoms with Crippen LogP contribution in [0.3, 0.4) is 0 Å². The van der Waals surface area contributed by atoms with Gasteiger partial charge in [0.1, 0.15) is 30.0 Å². The Morgan fingerprint density at radius 1 is 1.14 bits per heavy atom. The quantitative estimate of drug-likeness (QED) is 0.821. The summed E-state index contributed by atoms with van der Waals surface area (Å²) >= 11 is 0. The monoisotopic (exact) mass is 300 g/mol. The van der Waals surface area contributed by atoms with Crippen molar-refractivity contribution in [2.45, 2.75) is 0 Å². The molecule has 0 unspecified atom stereocenters. The summed E-state index contributed by atoms with van der Waals surface area (Å²) in [5, 5.41) is 9.06. The summed E-state index contributed by atoms with van der Waals surface area (Å²) in [5.74, 6) is 1.10. The van der Waals surface area contributed by atoms with Crippen LogP contribution >= 0.6 is 0 Å². The van der Waals surface area contributed by atoms with Crippen molar-refractivity contribution in [1.82, 2.24) is 0 Å². The number of halogens is 1. The molecule has 22 heavy (non-hydrogen) atoms. The van der Waals surface area contributed by atoms with Gasteiger partial charge in [-0.25, -0.2) is 4.39 Å². The van der Waals surface area contributed by atoms with Gasteiger partial charge in [0.15, 0.2) is 0 Å². The van der Waals surface area contributed by atoms with Crippen molar-refractivity contribution in [3.63, 3.8) is 0 Å². The molecule has 0 aromatic heterocycles. The van der Waals surface area contributed by atoms with E-state index in [0.717, 1.165) is 11.5 Å². The molecular formula is C17H17FN2O2. The number of rotatable bonds is 6. The maximum absolute atomic E-state index is 13.1. The van der Waals surface area contributed by atoms with Crippen molar-refractivity contribution in [2.75, 3.05) is 32.2 Å². The first-order chi connectivity index (χ1) is 10.6. The van der Waals surface area contributed by atoms with E-state index in [0.29, 0.717) is 24.4 Å². The molecule has 5 heteroatoms. The second-order valence-corrected chi connectivity index (χ2v) is 4.72. The summed E-state index contributed by atoms with van der Waals surface area (Å²) in [6, 6.07) is 13.5. The van der Waals surface area contributed by atoms with Crippen molar-refractivity contribution >= 4 is 5.69 Å². The summed E-state index contributed by atoms with van der Waals surface area (Å²) < 4.78 is 23.8. The van der Waals surface area contributed by atoms with Crippen molar-refractivity contribution in [3.8, 4) is 17.6 Å². The number of anilines is 1. The molecule has 0 saturated carbocycles. The number of nitriles is 1. The van der Waals surface area contributed by atoms with Gasteiger partial charge in [-0.05, 0) is 42.5 Å². The predicted octanol–water partition coefficient (Wildman–Crippen LogP) is 3.22. The van der Waals surface area contributed by atoms with Crippen molar-refractivity contribution in [3.05, 3.63) is 53.8 Å². The van der Waals surface area contributed by atoms with Gasteiger partial charge in [-0.2, -0.15) is 5.26 Å². The lowest BCUT2D eigenvalue weighted by molar-refractivity contribution is 0.325. The van der Waals surface area contributed by atoms with Crippen molar-refractivity contribution in [2.24, 2.45) is 0 Å². The minimum Gasteiger partial charge on any atom is -0.497 e. The SMILES string of the molecule is COc1ccc(OCCN(C)c2ccc(F)cc2C#N)cc1. The summed E-state index contributed by atoms with van der Waals surface area (Å²) in [6.07, 6.45) is 0. The predicted molar refractivity (Wildman–Crippen MR) is 82.9 cm³/mol. The molecule has 2 aromatic rings. The van der Waals surface area contributed by atoms with Crippen molar-refractivity contribution < 1.29 is 13.9 Å². The van der Waals surface area contributed by atoms with E-state index in [-0.39, 0.29) is 0 Å². The lowest BCUT2D eigenvalue weighted by Crippen LogP contribution is -2.24. The standard InChI is InChI=1S/C17H17FN2O2/c1-20(17-8-3-14(18)11-13(17)12-19)9-10-22-16-6-4-15(21-2)5-7-16/h3-8,11H,9-10H2,1-2H3. The number of methoxy groups -OCH3 is 1. The van der Waals surface area contributed by atoms with Crippen LogP contribution < -0.4 is 14.4 Å². The number of likely N-dealkylation sites (N-methyl/N-ethyl adjacent to an activating group) is 1. The van der Waals surface area contributed by atoms with Gasteiger partial charge in [-0.1, -0.05) is 0 Å². The molecule has 114 valence electrons. The van der Waals surface area contributed by atoms with Crippen LogP contribution in [-0.2, 0) is 0 Å². The molecule has 0 fully saturated rings. The zero-order chi connectivity index (χ0) is 15.9. The third kappa shape index (κ3) is 3.89. The molecule has 0 aliphatic heterocycles. The maximum atomic E-state index is 13.1. The zero-order valence-corrected chi connectivity index (χ0v) is 12.5. The normalized spacial score (nSPS) is 9.91. The molecule has 0 N–H and O–H groups in total. The summed E-state index contributed by atoms with van der Waals surface area (Å²) in [5.41, 5.74) is 0.995. The first-order valence-electron chi connectivity index (χ1n) is 6.81. The van der Waals surface area contributed by atoms with Crippen LogP contribution in [0.5, 0.6) is 11.5 Å². The molecule has 0 amide bonds. The Labute approximate surface area is 129 Å². The largest absolute Gasteiger partial charge is 0.497 e. The smallest absolute Gasteiger partial charge is 0.124 e. The van der Waals surface area contributed by atoms with E-state index in [4.69, 9.17) is 14.7 Å². The second kappa shape index (κ2) is 7.32. The molecule has 0 atom stereocenters. The Morgan fingerprint density at radius 2 is 1.82 bits per heavy atom. The van der Waals surface area contributed by atoms with Gasteiger partial charge in [0.2, 0.25) is 0 Å². The Bertz CT molecular complexity index is 665. The third-order valence-electron chi connectivity index (χ3n) is 3.25. The molecule has 0 bridgehead atoms. The first-order valence-corrected chi connectivity index (χ1v) is 6.81. The summed E-state index contributed by atoms with van der Waals surface area (Å²) in [7, 11) is 3.45. The van der Waals surface area contributed by atoms with Crippen LogP contribution in [-0.4, -0.2) is 27.3 Å². The molecule has 0 heterocycles. The molecule has 4 nitrogen and oxygen atoms in total. The topological polar surface area (TPSA) is 45.5 Å². The highest BCUT2D eigenvalue weighted by atomic mass is 19.1. The highest BCUT2D eigenvalue weighted by Crippen LogP contribution is 2.20.